The van der Waals surface area contributed by atoms with Crippen LogP contribution < -0.4 is 5.32 Å². The largest absolute Gasteiger partial charge is 0.382 e. The Hall–Kier alpha value is -2.43. The lowest BCUT2D eigenvalue weighted by atomic mass is 9.93. The zero-order chi connectivity index (χ0) is 19.3. The van der Waals surface area contributed by atoms with Crippen LogP contribution in [0.2, 0.25) is 10.0 Å². The minimum atomic E-state index is -1.32. The Labute approximate surface area is 167 Å². The molecule has 6 nitrogen and oxygen atoms in total. The summed E-state index contributed by atoms with van der Waals surface area (Å²) in [7, 11) is 0. The quantitative estimate of drug-likeness (QED) is 0.634. The van der Waals surface area contributed by atoms with Crippen molar-refractivity contribution in [3.8, 4) is 6.07 Å². The van der Waals surface area contributed by atoms with Gasteiger partial charge in [-0.25, -0.2) is 9.67 Å². The highest BCUT2D eigenvalue weighted by Gasteiger charge is 2.32. The van der Waals surface area contributed by atoms with Gasteiger partial charge in [0.2, 0.25) is 0 Å². The van der Waals surface area contributed by atoms with E-state index in [1.165, 1.54) is 12.7 Å². The summed E-state index contributed by atoms with van der Waals surface area (Å²) in [5.41, 5.74) is 0.840. The first kappa shape index (κ1) is 19.3. The number of aliphatic hydroxyl groups is 1. The van der Waals surface area contributed by atoms with Crippen LogP contribution in [0.15, 0.2) is 55.1 Å². The summed E-state index contributed by atoms with van der Waals surface area (Å²) in [6.45, 7) is 0.930. The van der Waals surface area contributed by atoms with E-state index < -0.39 is 5.60 Å². The fraction of sp³-hybridized carbons (Fsp3) is 0.211. The topological polar surface area (TPSA) is 86.8 Å². The van der Waals surface area contributed by atoms with Crippen LogP contribution in [0.3, 0.4) is 0 Å². The van der Waals surface area contributed by atoms with Crippen LogP contribution >= 0.6 is 23.2 Å². The third-order valence-corrected chi connectivity index (χ3v) is 4.70. The van der Waals surface area contributed by atoms with Crippen molar-refractivity contribution in [1.29, 1.82) is 5.26 Å². The Morgan fingerprint density at radius 3 is 2.59 bits per heavy atom. The highest BCUT2D eigenvalue weighted by atomic mass is 35.5. The SMILES string of the molecule is N#Cc1ccc(CNCC(O)(Cn2cncn2)c2ccc(Cl)cc2Cl)cc1. The van der Waals surface area contributed by atoms with Crippen molar-refractivity contribution in [2.45, 2.75) is 18.7 Å². The Morgan fingerprint density at radius 2 is 1.96 bits per heavy atom. The predicted octanol–water partition coefficient (Wildman–Crippen LogP) is 3.13. The smallest absolute Gasteiger partial charge is 0.137 e. The van der Waals surface area contributed by atoms with Crippen LogP contribution in [0, 0.1) is 11.3 Å². The number of benzene rings is 2. The molecular weight excluding hydrogens is 385 g/mol. The second kappa shape index (κ2) is 8.51. The molecule has 0 bridgehead atoms. The van der Waals surface area contributed by atoms with Crippen molar-refractivity contribution in [2.24, 2.45) is 0 Å². The molecule has 3 rings (SSSR count). The maximum atomic E-state index is 11.4. The van der Waals surface area contributed by atoms with Gasteiger partial charge in [0.05, 0.1) is 18.2 Å². The summed E-state index contributed by atoms with van der Waals surface area (Å²) in [4.78, 5) is 3.92. The molecule has 138 valence electrons. The highest BCUT2D eigenvalue weighted by Crippen LogP contribution is 2.31. The Morgan fingerprint density at radius 1 is 1.19 bits per heavy atom. The summed E-state index contributed by atoms with van der Waals surface area (Å²) in [5, 5.41) is 28.4. The minimum Gasteiger partial charge on any atom is -0.382 e. The first-order valence-electron chi connectivity index (χ1n) is 8.20. The van der Waals surface area contributed by atoms with Crippen molar-refractivity contribution >= 4 is 23.2 Å². The van der Waals surface area contributed by atoms with Gasteiger partial charge in [0.15, 0.2) is 0 Å². The van der Waals surface area contributed by atoms with Gasteiger partial charge in [0.1, 0.15) is 18.3 Å². The number of nitriles is 1. The minimum absolute atomic E-state index is 0.175. The van der Waals surface area contributed by atoms with Gasteiger partial charge in [-0.3, -0.25) is 0 Å². The van der Waals surface area contributed by atoms with Crippen molar-refractivity contribution in [2.75, 3.05) is 6.54 Å². The molecule has 27 heavy (non-hydrogen) atoms. The molecule has 1 heterocycles. The predicted molar refractivity (Wildman–Crippen MR) is 103 cm³/mol. The summed E-state index contributed by atoms with van der Waals surface area (Å²) < 4.78 is 1.55. The summed E-state index contributed by atoms with van der Waals surface area (Å²) in [6.07, 6.45) is 2.95. The van der Waals surface area contributed by atoms with E-state index in [-0.39, 0.29) is 13.1 Å². The van der Waals surface area contributed by atoms with Crippen LogP contribution in [0.1, 0.15) is 16.7 Å². The van der Waals surface area contributed by atoms with Gasteiger partial charge in [-0.2, -0.15) is 10.4 Å². The second-order valence-electron chi connectivity index (χ2n) is 6.16. The number of hydrogen-bond acceptors (Lipinski definition) is 5. The maximum Gasteiger partial charge on any atom is 0.137 e. The average molecular weight is 402 g/mol. The number of nitrogens with zero attached hydrogens (tertiary/aromatic N) is 4. The van der Waals surface area contributed by atoms with Gasteiger partial charge < -0.3 is 10.4 Å². The van der Waals surface area contributed by atoms with Gasteiger partial charge in [0.25, 0.3) is 0 Å². The molecule has 0 saturated heterocycles. The molecule has 0 radical (unpaired) electrons. The van der Waals surface area contributed by atoms with E-state index in [1.807, 2.05) is 12.1 Å². The molecule has 0 aliphatic rings. The van der Waals surface area contributed by atoms with Crippen molar-refractivity contribution in [3.63, 3.8) is 0 Å². The van der Waals surface area contributed by atoms with Gasteiger partial charge in [-0.05, 0) is 29.8 Å². The lowest BCUT2D eigenvalue weighted by Gasteiger charge is -2.30. The van der Waals surface area contributed by atoms with E-state index in [2.05, 4.69) is 21.5 Å². The van der Waals surface area contributed by atoms with Crippen molar-refractivity contribution in [3.05, 3.63) is 81.9 Å². The van der Waals surface area contributed by atoms with Crippen LogP contribution in [-0.2, 0) is 18.7 Å². The molecule has 1 atom stereocenters. The average Bonchev–Trinajstić information content (AvgIpc) is 3.15. The van der Waals surface area contributed by atoms with Crippen LogP contribution in [-0.4, -0.2) is 26.4 Å². The third kappa shape index (κ3) is 4.85. The highest BCUT2D eigenvalue weighted by molar-refractivity contribution is 6.35. The molecule has 0 amide bonds. The number of hydrogen-bond donors (Lipinski definition) is 2. The molecule has 0 aliphatic heterocycles. The first-order valence-corrected chi connectivity index (χ1v) is 8.96. The number of aromatic nitrogens is 3. The van der Waals surface area contributed by atoms with E-state index in [0.717, 1.165) is 5.56 Å². The van der Waals surface area contributed by atoms with E-state index in [1.54, 1.807) is 35.0 Å². The van der Waals surface area contributed by atoms with Crippen molar-refractivity contribution in [1.82, 2.24) is 20.1 Å². The summed E-state index contributed by atoms with van der Waals surface area (Å²) in [6, 6.07) is 14.4. The maximum absolute atomic E-state index is 11.4. The Balaban J connectivity index is 1.78. The Bertz CT molecular complexity index is 938. The standard InChI is InChI=1S/C19H17Cl2N5O/c20-16-5-6-17(18(21)7-16)19(27,11-26-13-24-12-25-26)10-23-9-15-3-1-14(8-22)2-4-15/h1-7,12-13,23,27H,9-11H2. The second-order valence-corrected chi connectivity index (χ2v) is 7.00. The van der Waals surface area contributed by atoms with E-state index >= 15 is 0 Å². The molecule has 3 aromatic rings. The normalized spacial score (nSPS) is 13.1. The first-order chi connectivity index (χ1) is 13.0. The zero-order valence-corrected chi connectivity index (χ0v) is 15.8. The number of halogens is 2. The van der Waals surface area contributed by atoms with Gasteiger partial charge in [0, 0.05) is 28.7 Å². The third-order valence-electron chi connectivity index (χ3n) is 4.15. The van der Waals surface area contributed by atoms with Gasteiger partial charge >= 0.3 is 0 Å². The lowest BCUT2D eigenvalue weighted by Crippen LogP contribution is -2.42. The molecule has 0 aliphatic carbocycles. The van der Waals surface area contributed by atoms with Crippen LogP contribution in [0.4, 0.5) is 0 Å². The zero-order valence-electron chi connectivity index (χ0n) is 14.3. The molecule has 8 heteroatoms. The van der Waals surface area contributed by atoms with Gasteiger partial charge in [-0.1, -0.05) is 41.4 Å². The molecule has 1 unspecified atom stereocenters. The molecule has 0 spiro atoms. The lowest BCUT2D eigenvalue weighted by molar-refractivity contribution is 0.0152. The van der Waals surface area contributed by atoms with Gasteiger partial charge in [-0.15, -0.1) is 0 Å². The van der Waals surface area contributed by atoms with Crippen LogP contribution in [0.25, 0.3) is 0 Å². The number of rotatable bonds is 7. The summed E-state index contributed by atoms with van der Waals surface area (Å²) in [5.74, 6) is 0. The monoisotopic (exact) mass is 401 g/mol. The molecule has 1 aromatic heterocycles. The molecule has 0 fully saturated rings. The molecule has 2 aromatic carbocycles. The molecular formula is C19H17Cl2N5O. The van der Waals surface area contributed by atoms with Crippen molar-refractivity contribution < 1.29 is 5.11 Å². The number of nitrogens with one attached hydrogen (secondary N) is 1. The fourth-order valence-electron chi connectivity index (χ4n) is 2.80. The van der Waals surface area contributed by atoms with E-state index in [9.17, 15) is 5.11 Å². The Kier molecular flexibility index (Phi) is 6.09. The van der Waals surface area contributed by atoms with Crippen LogP contribution in [0.5, 0.6) is 0 Å². The van der Waals surface area contributed by atoms with E-state index in [0.29, 0.717) is 27.7 Å². The molecule has 0 saturated carbocycles. The summed E-state index contributed by atoms with van der Waals surface area (Å²) >= 11 is 12.3. The van der Waals surface area contributed by atoms with E-state index in [4.69, 9.17) is 28.5 Å². The fourth-order valence-corrected chi connectivity index (χ4v) is 3.38. The molecule has 2 N–H and O–H groups in total.